The summed E-state index contributed by atoms with van der Waals surface area (Å²) in [7, 11) is 0. The molecular weight excluding hydrogens is 508 g/mol. The van der Waals surface area contributed by atoms with Gasteiger partial charge in [-0.3, -0.25) is 9.59 Å². The zero-order valence-electron chi connectivity index (χ0n) is 24.0. The summed E-state index contributed by atoms with van der Waals surface area (Å²) in [6.45, 7) is 10.6. The molecular formula is C31H40N4O5. The van der Waals surface area contributed by atoms with E-state index >= 15 is 0 Å². The average molecular weight is 549 g/mol. The van der Waals surface area contributed by atoms with Crippen molar-refractivity contribution in [1.82, 2.24) is 19.4 Å². The predicted molar refractivity (Wildman–Crippen MR) is 153 cm³/mol. The number of amides is 2. The van der Waals surface area contributed by atoms with Gasteiger partial charge in [-0.25, -0.2) is 9.78 Å². The summed E-state index contributed by atoms with van der Waals surface area (Å²) in [4.78, 5) is 47.4. The van der Waals surface area contributed by atoms with Gasteiger partial charge in [-0.05, 0) is 57.2 Å². The SMILES string of the molecule is CC(C)CN(C(=O)c1nc2ccccc2n1CCc1ccccc1)[C@H]1C[C@@H](C(=O)O)CN(C(=O)OC(C)(C)C)C1. The Morgan fingerprint density at radius 3 is 2.38 bits per heavy atom. The first-order valence-corrected chi connectivity index (χ1v) is 13.9. The number of benzene rings is 2. The molecule has 9 heteroatoms. The van der Waals surface area contributed by atoms with Crippen LogP contribution >= 0.6 is 0 Å². The number of aryl methyl sites for hydroxylation is 2. The van der Waals surface area contributed by atoms with E-state index in [1.807, 2.05) is 60.9 Å². The number of rotatable bonds is 8. The number of nitrogens with zero attached hydrogens (tertiary/aromatic N) is 4. The van der Waals surface area contributed by atoms with Crippen LogP contribution in [0, 0.1) is 11.8 Å². The molecule has 1 N–H and O–H groups in total. The minimum atomic E-state index is -0.995. The van der Waals surface area contributed by atoms with Crippen molar-refractivity contribution in [2.75, 3.05) is 19.6 Å². The van der Waals surface area contributed by atoms with Crippen molar-refractivity contribution < 1.29 is 24.2 Å². The molecule has 2 aromatic carbocycles. The highest BCUT2D eigenvalue weighted by Gasteiger charge is 2.40. The lowest BCUT2D eigenvalue weighted by Crippen LogP contribution is -2.57. The molecule has 0 spiro atoms. The molecule has 0 radical (unpaired) electrons. The number of ether oxygens (including phenoxy) is 1. The van der Waals surface area contributed by atoms with Gasteiger partial charge in [0.2, 0.25) is 0 Å². The lowest BCUT2D eigenvalue weighted by Gasteiger charge is -2.42. The Kier molecular flexibility index (Phi) is 8.81. The van der Waals surface area contributed by atoms with Gasteiger partial charge in [-0.15, -0.1) is 0 Å². The second-order valence-corrected chi connectivity index (χ2v) is 12.0. The molecule has 2 heterocycles. The molecule has 0 bridgehead atoms. The lowest BCUT2D eigenvalue weighted by atomic mass is 9.92. The van der Waals surface area contributed by atoms with Crippen LogP contribution < -0.4 is 0 Å². The van der Waals surface area contributed by atoms with Crippen molar-refractivity contribution in [3.8, 4) is 0 Å². The summed E-state index contributed by atoms with van der Waals surface area (Å²) >= 11 is 0. The Bertz CT molecular complexity index is 1340. The fourth-order valence-corrected chi connectivity index (χ4v) is 5.22. The van der Waals surface area contributed by atoms with Gasteiger partial charge in [0, 0.05) is 26.2 Å². The minimum absolute atomic E-state index is 0.0417. The maximum Gasteiger partial charge on any atom is 0.410 e. The molecule has 214 valence electrons. The van der Waals surface area contributed by atoms with E-state index in [9.17, 15) is 19.5 Å². The molecule has 1 aromatic heterocycles. The van der Waals surface area contributed by atoms with Crippen LogP contribution in [0.4, 0.5) is 4.79 Å². The number of carbonyl (C=O) groups excluding carboxylic acids is 2. The maximum atomic E-state index is 14.3. The summed E-state index contributed by atoms with van der Waals surface area (Å²) in [5.74, 6) is -1.64. The predicted octanol–water partition coefficient (Wildman–Crippen LogP) is 5.09. The zero-order chi connectivity index (χ0) is 29.0. The number of aromatic nitrogens is 2. The fourth-order valence-electron chi connectivity index (χ4n) is 5.22. The van der Waals surface area contributed by atoms with Crippen molar-refractivity contribution >= 4 is 29.0 Å². The number of piperidine rings is 1. The van der Waals surface area contributed by atoms with Gasteiger partial charge in [0.25, 0.3) is 5.91 Å². The van der Waals surface area contributed by atoms with Gasteiger partial charge in [-0.2, -0.15) is 0 Å². The molecule has 40 heavy (non-hydrogen) atoms. The van der Waals surface area contributed by atoms with Crippen molar-refractivity contribution in [2.24, 2.45) is 11.8 Å². The summed E-state index contributed by atoms with van der Waals surface area (Å²) in [6.07, 6.45) is 0.399. The Hall–Kier alpha value is -3.88. The third kappa shape index (κ3) is 7.00. The Labute approximate surface area is 235 Å². The van der Waals surface area contributed by atoms with Crippen LogP contribution in [0.25, 0.3) is 11.0 Å². The Morgan fingerprint density at radius 2 is 1.73 bits per heavy atom. The van der Waals surface area contributed by atoms with Crippen LogP contribution in [0.1, 0.15) is 57.2 Å². The average Bonchev–Trinajstić information content (AvgIpc) is 3.28. The number of carboxylic acids is 1. The third-order valence-electron chi connectivity index (χ3n) is 7.01. The maximum absolute atomic E-state index is 14.3. The molecule has 1 fully saturated rings. The van der Waals surface area contributed by atoms with Gasteiger partial charge in [-0.1, -0.05) is 56.3 Å². The van der Waals surface area contributed by atoms with Crippen molar-refractivity contribution in [2.45, 2.75) is 65.6 Å². The standard InChI is InChI=1S/C31H40N4O5/c1-21(2)18-35(24-17-23(29(37)38)19-33(20-24)30(39)40-31(3,4)5)28(36)27-32-25-13-9-10-14-26(25)34(27)16-15-22-11-7-6-8-12-22/h6-14,21,23-24H,15-20H2,1-5H3,(H,37,38)/t23-,24+/m1/s1. The number of aliphatic carboxylic acids is 1. The molecule has 1 saturated heterocycles. The summed E-state index contributed by atoms with van der Waals surface area (Å²) in [5, 5.41) is 9.93. The highest BCUT2D eigenvalue weighted by Crippen LogP contribution is 2.27. The van der Waals surface area contributed by atoms with Crippen LogP contribution in [0.3, 0.4) is 0 Å². The fraction of sp³-hybridized carbons (Fsp3) is 0.484. The van der Waals surface area contributed by atoms with Gasteiger partial charge >= 0.3 is 12.1 Å². The number of imidazole rings is 1. The third-order valence-corrected chi connectivity index (χ3v) is 7.01. The van der Waals surface area contributed by atoms with Gasteiger partial charge in [0.05, 0.1) is 23.0 Å². The number of hydrogen-bond donors (Lipinski definition) is 1. The van der Waals surface area contributed by atoms with E-state index in [0.29, 0.717) is 18.9 Å². The number of fused-ring (bicyclic) bond motifs is 1. The van der Waals surface area contributed by atoms with Gasteiger partial charge < -0.3 is 24.2 Å². The van der Waals surface area contributed by atoms with E-state index in [4.69, 9.17) is 9.72 Å². The van der Waals surface area contributed by atoms with Crippen molar-refractivity contribution in [3.63, 3.8) is 0 Å². The topological polar surface area (TPSA) is 105 Å². The second-order valence-electron chi connectivity index (χ2n) is 12.0. The molecule has 0 aliphatic carbocycles. The van der Waals surface area contributed by atoms with Crippen LogP contribution in [0.2, 0.25) is 0 Å². The lowest BCUT2D eigenvalue weighted by molar-refractivity contribution is -0.144. The van der Waals surface area contributed by atoms with E-state index in [2.05, 4.69) is 12.1 Å². The zero-order valence-corrected chi connectivity index (χ0v) is 24.0. The van der Waals surface area contributed by atoms with E-state index < -0.39 is 29.6 Å². The van der Waals surface area contributed by atoms with E-state index in [1.54, 1.807) is 25.7 Å². The number of para-hydroxylation sites is 2. The molecule has 9 nitrogen and oxygen atoms in total. The molecule has 1 aliphatic rings. The molecule has 4 rings (SSSR count). The Morgan fingerprint density at radius 1 is 1.05 bits per heavy atom. The highest BCUT2D eigenvalue weighted by atomic mass is 16.6. The molecule has 0 saturated carbocycles. The van der Waals surface area contributed by atoms with Gasteiger partial charge in [0.1, 0.15) is 5.60 Å². The monoisotopic (exact) mass is 548 g/mol. The Balaban J connectivity index is 1.69. The van der Waals surface area contributed by atoms with E-state index in [-0.39, 0.29) is 31.3 Å². The van der Waals surface area contributed by atoms with Gasteiger partial charge in [0.15, 0.2) is 5.82 Å². The summed E-state index contributed by atoms with van der Waals surface area (Å²) < 4.78 is 7.53. The largest absolute Gasteiger partial charge is 0.481 e. The van der Waals surface area contributed by atoms with Crippen LogP contribution in [-0.4, -0.2) is 73.7 Å². The normalized spacial score (nSPS) is 17.7. The molecule has 0 unspecified atom stereocenters. The van der Waals surface area contributed by atoms with E-state index in [0.717, 1.165) is 23.0 Å². The van der Waals surface area contributed by atoms with Crippen molar-refractivity contribution in [1.29, 1.82) is 0 Å². The van der Waals surface area contributed by atoms with Crippen LogP contribution in [0.5, 0.6) is 0 Å². The highest BCUT2D eigenvalue weighted by molar-refractivity contribution is 5.95. The summed E-state index contributed by atoms with van der Waals surface area (Å²) in [6, 6.07) is 17.3. The van der Waals surface area contributed by atoms with Crippen LogP contribution in [-0.2, 0) is 22.5 Å². The van der Waals surface area contributed by atoms with Crippen LogP contribution in [0.15, 0.2) is 54.6 Å². The number of carbonyl (C=O) groups is 3. The second kappa shape index (κ2) is 12.1. The molecule has 3 aromatic rings. The molecule has 2 amide bonds. The minimum Gasteiger partial charge on any atom is -0.481 e. The smallest absolute Gasteiger partial charge is 0.410 e. The summed E-state index contributed by atoms with van der Waals surface area (Å²) in [5.41, 5.74) is 2.03. The number of likely N-dealkylation sites (tertiary alicyclic amines) is 1. The first-order chi connectivity index (χ1) is 18.9. The quantitative estimate of drug-likeness (QED) is 0.421. The van der Waals surface area contributed by atoms with Crippen molar-refractivity contribution in [3.05, 3.63) is 66.0 Å². The first-order valence-electron chi connectivity index (χ1n) is 13.9. The number of hydrogen-bond acceptors (Lipinski definition) is 5. The molecule has 2 atom stereocenters. The van der Waals surface area contributed by atoms with E-state index in [1.165, 1.54) is 4.90 Å². The first kappa shape index (κ1) is 29.1. The number of carboxylic acid groups (broad SMARTS) is 1. The molecule has 1 aliphatic heterocycles.